The molecule has 0 aliphatic carbocycles. The van der Waals surface area contributed by atoms with E-state index in [4.69, 9.17) is 4.74 Å². The number of hydrogen-bond donors (Lipinski definition) is 2. The van der Waals surface area contributed by atoms with Gasteiger partial charge in [0.1, 0.15) is 11.0 Å². The minimum atomic E-state index is -1.02. The van der Waals surface area contributed by atoms with Gasteiger partial charge in [-0.2, -0.15) is 0 Å². The third-order valence-electron chi connectivity index (χ3n) is 3.53. The molecule has 116 valence electrons. The summed E-state index contributed by atoms with van der Waals surface area (Å²) in [7, 11) is 1.52. The van der Waals surface area contributed by atoms with E-state index in [-0.39, 0.29) is 12.6 Å². The van der Waals surface area contributed by atoms with Crippen molar-refractivity contribution in [2.24, 2.45) is 0 Å². The highest BCUT2D eigenvalue weighted by atomic mass is 32.1. The van der Waals surface area contributed by atoms with Crippen molar-refractivity contribution in [1.29, 1.82) is 0 Å². The van der Waals surface area contributed by atoms with Gasteiger partial charge in [-0.05, 0) is 13.8 Å². The van der Waals surface area contributed by atoms with E-state index in [0.717, 1.165) is 5.01 Å². The van der Waals surface area contributed by atoms with Gasteiger partial charge in [-0.15, -0.1) is 11.3 Å². The van der Waals surface area contributed by atoms with E-state index in [1.54, 1.807) is 6.20 Å². The summed E-state index contributed by atoms with van der Waals surface area (Å²) in [6, 6.07) is -1.27. The molecule has 2 heterocycles. The highest BCUT2D eigenvalue weighted by Gasteiger charge is 2.41. The van der Waals surface area contributed by atoms with Crippen LogP contribution in [0.1, 0.15) is 25.3 Å². The lowest BCUT2D eigenvalue weighted by atomic mass is 10.1. The van der Waals surface area contributed by atoms with Crippen LogP contribution in [-0.2, 0) is 15.1 Å². The fraction of sp³-hybridized carbons (Fsp3) is 0.615. The summed E-state index contributed by atoms with van der Waals surface area (Å²) >= 11 is 1.44. The Labute approximate surface area is 126 Å². The molecule has 0 radical (unpaired) electrons. The van der Waals surface area contributed by atoms with Gasteiger partial charge >= 0.3 is 12.0 Å². The molecule has 2 rings (SSSR count). The van der Waals surface area contributed by atoms with E-state index in [1.165, 1.54) is 23.3 Å². The van der Waals surface area contributed by atoms with Crippen molar-refractivity contribution in [2.75, 3.05) is 13.7 Å². The maximum absolute atomic E-state index is 12.4. The third-order valence-corrected chi connectivity index (χ3v) is 4.63. The van der Waals surface area contributed by atoms with Crippen molar-refractivity contribution >= 4 is 23.3 Å². The zero-order valence-electron chi connectivity index (χ0n) is 12.2. The number of ether oxygens (including phenoxy) is 1. The largest absolute Gasteiger partial charge is 0.480 e. The summed E-state index contributed by atoms with van der Waals surface area (Å²) in [5.74, 6) is -1.02. The first kappa shape index (κ1) is 15.7. The molecule has 2 amide bonds. The van der Waals surface area contributed by atoms with Gasteiger partial charge in [0.05, 0.1) is 11.6 Å². The van der Waals surface area contributed by atoms with Crippen LogP contribution in [-0.4, -0.2) is 52.8 Å². The number of carbonyl (C=O) groups is 2. The number of thiazole rings is 1. The molecule has 1 saturated heterocycles. The Bertz CT molecular complexity index is 517. The standard InChI is InChI=1S/C13H19N3O4S/c1-13(2,11-14-4-5-21-11)15-12(19)16-7-8(20-3)6-9(16)10(17)18/h4-5,8-9H,6-7H2,1-3H3,(H,15,19)(H,17,18). The molecule has 21 heavy (non-hydrogen) atoms. The quantitative estimate of drug-likeness (QED) is 0.873. The van der Waals surface area contributed by atoms with Gasteiger partial charge in [-0.25, -0.2) is 14.6 Å². The average molecular weight is 313 g/mol. The van der Waals surface area contributed by atoms with E-state index in [0.29, 0.717) is 6.42 Å². The number of methoxy groups -OCH3 is 1. The molecule has 7 nitrogen and oxygen atoms in total. The monoisotopic (exact) mass is 313 g/mol. The molecular formula is C13H19N3O4S. The van der Waals surface area contributed by atoms with Crippen molar-refractivity contribution in [3.05, 3.63) is 16.6 Å². The third kappa shape index (κ3) is 3.33. The number of nitrogens with one attached hydrogen (secondary N) is 1. The van der Waals surface area contributed by atoms with Crippen molar-refractivity contribution in [3.8, 4) is 0 Å². The van der Waals surface area contributed by atoms with Gasteiger partial charge in [-0.3, -0.25) is 0 Å². The van der Waals surface area contributed by atoms with Gasteiger partial charge in [0.2, 0.25) is 0 Å². The first-order valence-electron chi connectivity index (χ1n) is 6.59. The minimum absolute atomic E-state index is 0.250. The van der Waals surface area contributed by atoms with Crippen LogP contribution in [0.3, 0.4) is 0 Å². The fourth-order valence-corrected chi connectivity index (χ4v) is 3.07. The summed E-state index contributed by atoms with van der Waals surface area (Å²) in [6.45, 7) is 3.94. The molecule has 1 aliphatic heterocycles. The molecule has 2 N–H and O–H groups in total. The second kappa shape index (κ2) is 5.98. The number of amides is 2. The number of carboxylic acid groups (broad SMARTS) is 1. The summed E-state index contributed by atoms with van der Waals surface area (Å²) in [4.78, 5) is 29.2. The van der Waals surface area contributed by atoms with Crippen molar-refractivity contribution in [3.63, 3.8) is 0 Å². The lowest BCUT2D eigenvalue weighted by Crippen LogP contribution is -2.51. The number of rotatable bonds is 4. The van der Waals surface area contributed by atoms with Crippen LogP contribution in [0, 0.1) is 0 Å². The van der Waals surface area contributed by atoms with Gasteiger partial charge in [0.15, 0.2) is 0 Å². The highest BCUT2D eigenvalue weighted by Crippen LogP contribution is 2.25. The van der Waals surface area contributed by atoms with Gasteiger partial charge in [0.25, 0.3) is 0 Å². The minimum Gasteiger partial charge on any atom is -0.480 e. The Hall–Kier alpha value is -1.67. The SMILES string of the molecule is COC1CC(C(=O)O)N(C(=O)NC(C)(C)c2nccs2)C1. The summed E-state index contributed by atoms with van der Waals surface area (Å²) in [5.41, 5.74) is -0.653. The lowest BCUT2D eigenvalue weighted by Gasteiger charge is -2.29. The molecule has 1 aromatic rings. The van der Waals surface area contributed by atoms with Gasteiger partial charge in [0, 0.05) is 31.7 Å². The number of aromatic nitrogens is 1. The molecule has 0 saturated carbocycles. The zero-order valence-corrected chi connectivity index (χ0v) is 13.0. The van der Waals surface area contributed by atoms with Gasteiger partial charge < -0.3 is 20.1 Å². The Kier molecular flexibility index (Phi) is 4.48. The maximum atomic E-state index is 12.4. The van der Waals surface area contributed by atoms with Crippen LogP contribution in [0.5, 0.6) is 0 Å². The number of urea groups is 1. The van der Waals surface area contributed by atoms with E-state index < -0.39 is 23.6 Å². The Morgan fingerprint density at radius 1 is 1.57 bits per heavy atom. The number of hydrogen-bond acceptors (Lipinski definition) is 5. The number of carbonyl (C=O) groups excluding carboxylic acids is 1. The number of carboxylic acids is 1. The predicted octanol–water partition coefficient (Wildman–Crippen LogP) is 1.26. The van der Waals surface area contributed by atoms with Crippen LogP contribution >= 0.6 is 11.3 Å². The van der Waals surface area contributed by atoms with E-state index >= 15 is 0 Å². The molecule has 0 aromatic carbocycles. The van der Waals surface area contributed by atoms with E-state index in [1.807, 2.05) is 19.2 Å². The van der Waals surface area contributed by atoms with Crippen LogP contribution in [0.15, 0.2) is 11.6 Å². The lowest BCUT2D eigenvalue weighted by molar-refractivity contribution is -0.141. The Balaban J connectivity index is 2.10. The van der Waals surface area contributed by atoms with Crippen molar-refractivity contribution in [2.45, 2.75) is 38.0 Å². The van der Waals surface area contributed by atoms with Crippen LogP contribution in [0.4, 0.5) is 4.79 Å². The molecular weight excluding hydrogens is 294 g/mol. The highest BCUT2D eigenvalue weighted by molar-refractivity contribution is 7.09. The predicted molar refractivity (Wildman–Crippen MR) is 77.2 cm³/mol. The Morgan fingerprint density at radius 2 is 2.29 bits per heavy atom. The number of nitrogens with zero attached hydrogens (tertiary/aromatic N) is 2. The second-order valence-corrected chi connectivity index (χ2v) is 6.39. The average Bonchev–Trinajstić information content (AvgIpc) is 3.07. The number of likely N-dealkylation sites (tertiary alicyclic amines) is 1. The molecule has 0 spiro atoms. The van der Waals surface area contributed by atoms with Crippen LogP contribution in [0.2, 0.25) is 0 Å². The van der Waals surface area contributed by atoms with Crippen molar-refractivity contribution in [1.82, 2.24) is 15.2 Å². The van der Waals surface area contributed by atoms with Crippen LogP contribution < -0.4 is 5.32 Å². The molecule has 1 aliphatic rings. The molecule has 8 heteroatoms. The van der Waals surface area contributed by atoms with Crippen molar-refractivity contribution < 1.29 is 19.4 Å². The first-order valence-corrected chi connectivity index (χ1v) is 7.47. The zero-order chi connectivity index (χ0) is 15.6. The van der Waals surface area contributed by atoms with Crippen LogP contribution in [0.25, 0.3) is 0 Å². The molecule has 1 fully saturated rings. The van der Waals surface area contributed by atoms with E-state index in [9.17, 15) is 14.7 Å². The number of aliphatic carboxylic acids is 1. The first-order chi connectivity index (χ1) is 9.85. The van der Waals surface area contributed by atoms with Gasteiger partial charge in [-0.1, -0.05) is 0 Å². The smallest absolute Gasteiger partial charge is 0.326 e. The summed E-state index contributed by atoms with van der Waals surface area (Å²) in [6.07, 6.45) is 1.72. The fourth-order valence-electron chi connectivity index (χ4n) is 2.35. The normalized spacial score (nSPS) is 22.3. The van der Waals surface area contributed by atoms with E-state index in [2.05, 4.69) is 10.3 Å². The summed E-state index contributed by atoms with van der Waals surface area (Å²) < 4.78 is 5.18. The molecule has 2 unspecified atom stereocenters. The second-order valence-electron chi connectivity index (χ2n) is 5.49. The summed E-state index contributed by atoms with van der Waals surface area (Å²) in [5, 5.41) is 14.7. The topological polar surface area (TPSA) is 91.8 Å². The molecule has 1 aromatic heterocycles. The Morgan fingerprint density at radius 3 is 2.81 bits per heavy atom. The molecule has 2 atom stereocenters. The molecule has 0 bridgehead atoms. The maximum Gasteiger partial charge on any atom is 0.326 e.